The van der Waals surface area contributed by atoms with Crippen molar-refractivity contribution in [3.05, 3.63) is 12.2 Å². The molecule has 112 valence electrons. The van der Waals surface area contributed by atoms with Crippen molar-refractivity contribution in [3.63, 3.8) is 0 Å². The molecule has 0 unspecified atom stereocenters. The van der Waals surface area contributed by atoms with Crippen LogP contribution in [0.25, 0.3) is 0 Å². The molecule has 1 saturated carbocycles. The van der Waals surface area contributed by atoms with Crippen LogP contribution in [0.2, 0.25) is 0 Å². The Morgan fingerprint density at radius 2 is 1.90 bits per heavy atom. The molecule has 6 heteroatoms. The van der Waals surface area contributed by atoms with Crippen molar-refractivity contribution in [2.75, 3.05) is 13.2 Å². The second kappa shape index (κ2) is 6.85. The summed E-state index contributed by atoms with van der Waals surface area (Å²) in [5, 5.41) is 0. The predicted octanol–water partition coefficient (Wildman–Crippen LogP) is 1.19. The smallest absolute Gasteiger partial charge is 0.303 e. The van der Waals surface area contributed by atoms with E-state index in [0.717, 1.165) is 0 Å². The molecule has 0 aromatic carbocycles. The lowest BCUT2D eigenvalue weighted by Crippen LogP contribution is -2.42. The first-order valence-corrected chi connectivity index (χ1v) is 6.80. The molecule has 0 aromatic heterocycles. The zero-order chi connectivity index (χ0) is 14.5. The van der Waals surface area contributed by atoms with E-state index in [1.165, 1.54) is 26.7 Å². The van der Waals surface area contributed by atoms with Crippen LogP contribution in [0.3, 0.4) is 0 Å². The molecule has 0 bridgehead atoms. The number of carbonyl (C=O) groups excluding carboxylic acids is 2. The first-order valence-electron chi connectivity index (χ1n) is 6.80. The first-order chi connectivity index (χ1) is 9.54. The van der Waals surface area contributed by atoms with Gasteiger partial charge in [-0.1, -0.05) is 0 Å². The fourth-order valence-electron chi connectivity index (χ4n) is 1.87. The molecule has 1 fully saturated rings. The highest BCUT2D eigenvalue weighted by Crippen LogP contribution is 2.30. The highest BCUT2D eigenvalue weighted by Gasteiger charge is 2.32. The number of hydrogen-bond donors (Lipinski definition) is 0. The van der Waals surface area contributed by atoms with Crippen LogP contribution in [0.5, 0.6) is 0 Å². The molecule has 0 spiro atoms. The summed E-state index contributed by atoms with van der Waals surface area (Å²) in [6, 6.07) is 0. The van der Waals surface area contributed by atoms with E-state index in [2.05, 4.69) is 0 Å². The molecule has 0 amide bonds. The Kier molecular flexibility index (Phi) is 5.14. The Labute approximate surface area is 118 Å². The summed E-state index contributed by atoms with van der Waals surface area (Å²) in [5.41, 5.74) is 0. The van der Waals surface area contributed by atoms with Crippen LogP contribution < -0.4 is 0 Å². The Bertz CT molecular complexity index is 387. The van der Waals surface area contributed by atoms with Crippen molar-refractivity contribution < 1.29 is 28.5 Å². The van der Waals surface area contributed by atoms with Crippen LogP contribution in [-0.2, 0) is 28.5 Å². The molecular formula is C14H20O6. The molecule has 20 heavy (non-hydrogen) atoms. The van der Waals surface area contributed by atoms with Crippen LogP contribution >= 0.6 is 0 Å². The Balaban J connectivity index is 1.89. The lowest BCUT2D eigenvalue weighted by atomic mass is 10.1. The van der Waals surface area contributed by atoms with Gasteiger partial charge in [0.05, 0.1) is 6.61 Å². The van der Waals surface area contributed by atoms with Gasteiger partial charge in [0, 0.05) is 13.8 Å². The predicted molar refractivity (Wildman–Crippen MR) is 68.7 cm³/mol. The van der Waals surface area contributed by atoms with Gasteiger partial charge >= 0.3 is 11.9 Å². The summed E-state index contributed by atoms with van der Waals surface area (Å²) in [4.78, 5) is 21.9. The molecule has 1 aliphatic heterocycles. The number of carbonyl (C=O) groups is 2. The number of ether oxygens (including phenoxy) is 4. The fraction of sp³-hybridized carbons (Fsp3) is 0.714. The topological polar surface area (TPSA) is 71.1 Å². The molecule has 2 rings (SSSR count). The van der Waals surface area contributed by atoms with Crippen LogP contribution in [0.4, 0.5) is 0 Å². The van der Waals surface area contributed by atoms with E-state index in [4.69, 9.17) is 18.9 Å². The Morgan fingerprint density at radius 1 is 1.15 bits per heavy atom. The van der Waals surface area contributed by atoms with E-state index < -0.39 is 30.4 Å². The van der Waals surface area contributed by atoms with Crippen molar-refractivity contribution in [2.45, 2.75) is 45.2 Å². The lowest BCUT2D eigenvalue weighted by molar-refractivity contribution is -0.197. The fourth-order valence-corrected chi connectivity index (χ4v) is 1.87. The van der Waals surface area contributed by atoms with Gasteiger partial charge in [0.25, 0.3) is 0 Å². The summed E-state index contributed by atoms with van der Waals surface area (Å²) >= 11 is 0. The van der Waals surface area contributed by atoms with Gasteiger partial charge in [-0.15, -0.1) is 0 Å². The average Bonchev–Trinajstić information content (AvgIpc) is 3.19. The van der Waals surface area contributed by atoms with Gasteiger partial charge in [-0.2, -0.15) is 0 Å². The molecule has 6 nitrogen and oxygen atoms in total. The quantitative estimate of drug-likeness (QED) is 0.539. The minimum atomic E-state index is -0.562. The molecule has 1 aliphatic carbocycles. The van der Waals surface area contributed by atoms with Crippen molar-refractivity contribution in [2.24, 2.45) is 5.92 Å². The molecule has 0 N–H and O–H groups in total. The average molecular weight is 284 g/mol. The van der Waals surface area contributed by atoms with Gasteiger partial charge in [-0.3, -0.25) is 9.59 Å². The summed E-state index contributed by atoms with van der Waals surface area (Å²) in [7, 11) is 0. The summed E-state index contributed by atoms with van der Waals surface area (Å²) in [5.74, 6) is -0.182. The summed E-state index contributed by atoms with van der Waals surface area (Å²) in [6.45, 7) is 3.33. The van der Waals surface area contributed by atoms with E-state index in [9.17, 15) is 9.59 Å². The van der Waals surface area contributed by atoms with Gasteiger partial charge in [-0.25, -0.2) is 0 Å². The van der Waals surface area contributed by atoms with Gasteiger partial charge in [0.2, 0.25) is 0 Å². The molecule has 0 radical (unpaired) electrons. The van der Waals surface area contributed by atoms with Gasteiger partial charge in [-0.05, 0) is 30.9 Å². The second-order valence-electron chi connectivity index (χ2n) is 5.08. The Morgan fingerprint density at radius 3 is 2.50 bits per heavy atom. The molecule has 0 aromatic rings. The Hall–Kier alpha value is -1.40. The maximum atomic E-state index is 11.0. The van der Waals surface area contributed by atoms with Crippen LogP contribution in [0, 0.1) is 5.92 Å². The van der Waals surface area contributed by atoms with E-state index in [1.807, 2.05) is 0 Å². The van der Waals surface area contributed by atoms with E-state index in [1.54, 1.807) is 12.2 Å². The monoisotopic (exact) mass is 284 g/mol. The third-order valence-corrected chi connectivity index (χ3v) is 3.08. The van der Waals surface area contributed by atoms with Crippen LogP contribution in [0.1, 0.15) is 26.7 Å². The number of rotatable bonds is 6. The van der Waals surface area contributed by atoms with Crippen molar-refractivity contribution in [1.82, 2.24) is 0 Å². The van der Waals surface area contributed by atoms with Crippen molar-refractivity contribution >= 4 is 11.9 Å². The SMILES string of the molecule is CC(=O)OC[C@H]1O[C@H](OCC2CC2)C=C[C@@H]1OC(C)=O. The third kappa shape index (κ3) is 4.94. The minimum Gasteiger partial charge on any atom is -0.463 e. The zero-order valence-electron chi connectivity index (χ0n) is 11.7. The number of hydrogen-bond acceptors (Lipinski definition) is 6. The maximum Gasteiger partial charge on any atom is 0.303 e. The highest BCUT2D eigenvalue weighted by atomic mass is 16.7. The third-order valence-electron chi connectivity index (χ3n) is 3.08. The van der Waals surface area contributed by atoms with Crippen molar-refractivity contribution in [3.8, 4) is 0 Å². The molecule has 2 aliphatic rings. The van der Waals surface area contributed by atoms with E-state index >= 15 is 0 Å². The highest BCUT2D eigenvalue weighted by molar-refractivity contribution is 5.66. The molecule has 3 atom stereocenters. The van der Waals surface area contributed by atoms with E-state index in [-0.39, 0.29) is 6.61 Å². The zero-order valence-corrected chi connectivity index (χ0v) is 11.7. The summed E-state index contributed by atoms with van der Waals surface area (Å²) < 4.78 is 21.3. The lowest BCUT2D eigenvalue weighted by Gasteiger charge is -2.31. The molecular weight excluding hydrogens is 264 g/mol. The second-order valence-corrected chi connectivity index (χ2v) is 5.08. The largest absolute Gasteiger partial charge is 0.463 e. The standard InChI is InChI=1S/C14H20O6/c1-9(15)17-8-13-12(19-10(2)16)5-6-14(20-13)18-7-11-3-4-11/h5-6,11-14H,3-4,7-8H2,1-2H3/t12-,13+,14-/m0/s1. The van der Waals surface area contributed by atoms with Crippen LogP contribution in [0.15, 0.2) is 12.2 Å². The normalized spacial score (nSPS) is 29.0. The first kappa shape index (κ1) is 15.0. The van der Waals surface area contributed by atoms with Gasteiger partial charge in [0.1, 0.15) is 18.8 Å². The molecule has 1 heterocycles. The molecule has 0 saturated heterocycles. The van der Waals surface area contributed by atoms with Crippen molar-refractivity contribution in [1.29, 1.82) is 0 Å². The summed E-state index contributed by atoms with van der Waals surface area (Å²) in [6.07, 6.45) is 4.25. The van der Waals surface area contributed by atoms with E-state index in [0.29, 0.717) is 12.5 Å². The van der Waals surface area contributed by atoms with Crippen LogP contribution in [-0.4, -0.2) is 43.7 Å². The maximum absolute atomic E-state index is 11.0. The van der Waals surface area contributed by atoms with Gasteiger partial charge < -0.3 is 18.9 Å². The van der Waals surface area contributed by atoms with Gasteiger partial charge in [0.15, 0.2) is 6.29 Å². The minimum absolute atomic E-state index is 0.0287. The number of esters is 2.